The van der Waals surface area contributed by atoms with Crippen LogP contribution in [0.3, 0.4) is 0 Å². The number of alkyl halides is 2. The predicted molar refractivity (Wildman–Crippen MR) is 171 cm³/mol. The van der Waals surface area contributed by atoms with Crippen LogP contribution in [0.4, 0.5) is 10.1 Å². The number of nitrogens with zero attached hydrogens (tertiary/aromatic N) is 2. The molecule has 0 aromatic heterocycles. The van der Waals surface area contributed by atoms with Crippen molar-refractivity contribution in [2.24, 2.45) is 17.8 Å². The predicted octanol–water partition coefficient (Wildman–Crippen LogP) is 6.58. The van der Waals surface area contributed by atoms with E-state index in [-0.39, 0.29) is 35.7 Å². The minimum atomic E-state index is -2.04. The van der Waals surface area contributed by atoms with Gasteiger partial charge in [-0.15, -0.1) is 23.2 Å². The lowest BCUT2D eigenvalue weighted by molar-refractivity contribution is -0.143. The van der Waals surface area contributed by atoms with Gasteiger partial charge in [0.2, 0.25) is 11.8 Å². The monoisotopic (exact) mass is 660 g/mol. The molecule has 5 aliphatic rings. The normalized spacial score (nSPS) is 32.9. The highest BCUT2D eigenvalue weighted by Crippen LogP contribution is 2.66. The number of benzene rings is 3. The van der Waals surface area contributed by atoms with Crippen LogP contribution in [0.5, 0.6) is 5.75 Å². The fourth-order valence-corrected chi connectivity index (χ4v) is 9.95. The van der Waals surface area contributed by atoms with E-state index >= 15 is 0 Å². The summed E-state index contributed by atoms with van der Waals surface area (Å²) in [5.74, 6) is -5.41. The third-order valence-corrected chi connectivity index (χ3v) is 12.5. The molecule has 0 radical (unpaired) electrons. The van der Waals surface area contributed by atoms with Gasteiger partial charge in [0, 0.05) is 17.3 Å². The molecule has 0 unspecified atom stereocenters. The number of likely N-dealkylation sites (tertiary alicyclic amines) is 1. The molecule has 46 heavy (non-hydrogen) atoms. The van der Waals surface area contributed by atoms with Crippen LogP contribution in [0.1, 0.15) is 56.4 Å². The topological polar surface area (TPSA) is 95.0 Å². The van der Waals surface area contributed by atoms with E-state index in [1.54, 1.807) is 24.3 Å². The van der Waals surface area contributed by atoms with Crippen LogP contribution < -0.4 is 4.90 Å². The summed E-state index contributed by atoms with van der Waals surface area (Å²) in [4.78, 5) is 55.6. The number of phenolic OH excluding ortho intramolecular Hbond substituents is 1. The lowest BCUT2D eigenvalue weighted by Crippen LogP contribution is -2.60. The Balaban J connectivity index is 1.33. The zero-order valence-corrected chi connectivity index (χ0v) is 26.3. The van der Waals surface area contributed by atoms with E-state index in [2.05, 4.69) is 0 Å². The SMILES string of the molecule is O=C1[C@H]2[C@H](CC=C3[C@H]2C[C@@]2(Cl)C(=O)N(c4ccc(F)cc4)C(=O)[C@@]2(Cl)[C@H]3c2ccc(O)c3ccccc23)C(=O)N1C1CCCCC1. The highest BCUT2D eigenvalue weighted by atomic mass is 35.5. The van der Waals surface area contributed by atoms with E-state index in [1.165, 1.54) is 23.1 Å². The van der Waals surface area contributed by atoms with E-state index in [0.717, 1.165) is 49.1 Å². The van der Waals surface area contributed by atoms with Crippen molar-refractivity contribution in [3.05, 3.63) is 83.7 Å². The van der Waals surface area contributed by atoms with Crippen molar-refractivity contribution in [1.82, 2.24) is 4.90 Å². The molecule has 2 heterocycles. The van der Waals surface area contributed by atoms with Gasteiger partial charge in [-0.25, -0.2) is 9.29 Å². The number of amides is 4. The third kappa shape index (κ3) is 3.83. The Morgan fingerprint density at radius 3 is 2.22 bits per heavy atom. The maximum atomic E-state index is 14.6. The van der Waals surface area contributed by atoms with Gasteiger partial charge in [-0.05, 0) is 72.9 Å². The van der Waals surface area contributed by atoms with Gasteiger partial charge in [0.25, 0.3) is 11.8 Å². The van der Waals surface area contributed by atoms with Gasteiger partial charge in [-0.1, -0.05) is 61.2 Å². The summed E-state index contributed by atoms with van der Waals surface area (Å²) in [6.07, 6.45) is 6.61. The number of anilines is 1. The maximum absolute atomic E-state index is 14.6. The highest BCUT2D eigenvalue weighted by molar-refractivity contribution is 6.58. The summed E-state index contributed by atoms with van der Waals surface area (Å²) in [5.41, 5.74) is 1.40. The fourth-order valence-electron chi connectivity index (χ4n) is 9.03. The number of aromatic hydroxyl groups is 1. The van der Waals surface area contributed by atoms with Gasteiger partial charge in [-0.2, -0.15) is 0 Å². The van der Waals surface area contributed by atoms with Gasteiger partial charge < -0.3 is 5.11 Å². The van der Waals surface area contributed by atoms with Gasteiger partial charge in [0.1, 0.15) is 11.6 Å². The molecule has 0 bridgehead atoms. The van der Waals surface area contributed by atoms with Crippen LogP contribution in [0.15, 0.2) is 72.3 Å². The van der Waals surface area contributed by atoms with Crippen LogP contribution in [-0.2, 0) is 19.2 Å². The molecule has 8 rings (SSSR count). The zero-order valence-electron chi connectivity index (χ0n) is 24.8. The molecule has 3 aliphatic carbocycles. The first-order valence-electron chi connectivity index (χ1n) is 15.9. The molecule has 1 N–H and O–H groups in total. The second-order valence-corrected chi connectivity index (χ2v) is 14.6. The molecule has 4 fully saturated rings. The number of halogens is 3. The molecule has 2 saturated carbocycles. The molecule has 2 aliphatic heterocycles. The first-order valence-corrected chi connectivity index (χ1v) is 16.6. The Labute approximate surface area is 274 Å². The van der Waals surface area contributed by atoms with Crippen molar-refractivity contribution in [3.63, 3.8) is 0 Å². The van der Waals surface area contributed by atoms with Crippen molar-refractivity contribution in [2.45, 2.75) is 66.7 Å². The van der Waals surface area contributed by atoms with Crippen molar-refractivity contribution < 1.29 is 28.7 Å². The van der Waals surface area contributed by atoms with Gasteiger partial charge in [-0.3, -0.25) is 24.1 Å². The first kappa shape index (κ1) is 29.6. The number of carbonyl (C=O) groups excluding carboxylic acids is 4. The largest absolute Gasteiger partial charge is 0.507 e. The second kappa shape index (κ2) is 10.4. The lowest BCUT2D eigenvalue weighted by atomic mass is 9.56. The number of allylic oxidation sites excluding steroid dienone is 2. The number of rotatable bonds is 3. The highest BCUT2D eigenvalue weighted by Gasteiger charge is 2.76. The van der Waals surface area contributed by atoms with Crippen molar-refractivity contribution in [1.29, 1.82) is 0 Å². The molecule has 10 heteroatoms. The molecular formula is C36H31Cl2FN2O5. The minimum Gasteiger partial charge on any atom is -0.507 e. The Morgan fingerprint density at radius 2 is 1.50 bits per heavy atom. The number of imide groups is 2. The molecule has 236 valence electrons. The standard InChI is InChI=1S/C36H31Cl2FN2O5/c37-35-18-27-25(14-15-26-29(27)32(44)40(31(26)43)20-6-2-1-3-7-20)30(24-16-17-28(42)23-9-5-4-8-22(23)24)36(35,38)34(46)41(33(35)45)21-12-10-19(39)11-13-21/h4-5,8-14,16-17,20,26-27,29-30,42H,1-3,6-7,15,18H2/t26-,27+,29-,30-,35+,36-/m0/s1. The zero-order chi connectivity index (χ0) is 32.1. The smallest absolute Gasteiger partial charge is 0.258 e. The van der Waals surface area contributed by atoms with Gasteiger partial charge in [0.15, 0.2) is 9.75 Å². The van der Waals surface area contributed by atoms with E-state index in [0.29, 0.717) is 28.3 Å². The average molecular weight is 662 g/mol. The number of carbonyl (C=O) groups is 4. The number of hydrogen-bond acceptors (Lipinski definition) is 5. The maximum Gasteiger partial charge on any atom is 0.258 e. The van der Waals surface area contributed by atoms with Crippen LogP contribution in [0, 0.1) is 23.6 Å². The summed E-state index contributed by atoms with van der Waals surface area (Å²) in [7, 11) is 0. The number of hydrogen-bond donors (Lipinski definition) is 1. The summed E-state index contributed by atoms with van der Waals surface area (Å²) in [6.45, 7) is 0. The average Bonchev–Trinajstić information content (AvgIpc) is 3.40. The fraction of sp³-hybridized carbons (Fsp3) is 0.389. The third-order valence-electron chi connectivity index (χ3n) is 11.1. The summed E-state index contributed by atoms with van der Waals surface area (Å²) in [6, 6.07) is 15.2. The molecular weight excluding hydrogens is 630 g/mol. The van der Waals surface area contributed by atoms with Gasteiger partial charge in [0.05, 0.1) is 17.5 Å². The molecule has 3 aromatic carbocycles. The lowest BCUT2D eigenvalue weighted by Gasteiger charge is -2.51. The molecule has 3 aromatic rings. The number of fused-ring (bicyclic) bond motifs is 5. The molecule has 2 saturated heterocycles. The van der Waals surface area contributed by atoms with E-state index in [1.807, 2.05) is 12.1 Å². The molecule has 6 atom stereocenters. The molecule has 7 nitrogen and oxygen atoms in total. The van der Waals surface area contributed by atoms with Crippen molar-refractivity contribution in [3.8, 4) is 5.75 Å². The summed E-state index contributed by atoms with van der Waals surface area (Å²) >= 11 is 15.0. The first-order chi connectivity index (χ1) is 22.1. The Bertz CT molecular complexity index is 1870. The Morgan fingerprint density at radius 1 is 0.804 bits per heavy atom. The molecule has 0 spiro atoms. The van der Waals surface area contributed by atoms with Crippen molar-refractivity contribution >= 4 is 63.3 Å². The van der Waals surface area contributed by atoms with Crippen LogP contribution in [0.25, 0.3) is 10.8 Å². The van der Waals surface area contributed by atoms with Crippen LogP contribution >= 0.6 is 23.2 Å². The number of phenols is 1. The van der Waals surface area contributed by atoms with Crippen molar-refractivity contribution in [2.75, 3.05) is 4.90 Å². The Hall–Kier alpha value is -3.75. The summed E-state index contributed by atoms with van der Waals surface area (Å²) < 4.78 is 13.9. The second-order valence-electron chi connectivity index (χ2n) is 13.3. The molecule has 4 amide bonds. The minimum absolute atomic E-state index is 0.0339. The van der Waals surface area contributed by atoms with Crippen LogP contribution in [0.2, 0.25) is 0 Å². The van der Waals surface area contributed by atoms with Gasteiger partial charge >= 0.3 is 0 Å². The van der Waals surface area contributed by atoms with E-state index in [4.69, 9.17) is 23.2 Å². The summed E-state index contributed by atoms with van der Waals surface area (Å²) in [5, 5.41) is 11.9. The Kier molecular flexibility index (Phi) is 6.69. The van der Waals surface area contributed by atoms with E-state index < -0.39 is 51.1 Å². The quantitative estimate of drug-likeness (QED) is 0.195. The van der Waals surface area contributed by atoms with Crippen LogP contribution in [-0.4, -0.2) is 49.4 Å². The van der Waals surface area contributed by atoms with E-state index in [9.17, 15) is 28.7 Å².